The van der Waals surface area contributed by atoms with Gasteiger partial charge in [0.25, 0.3) is 0 Å². The zero-order chi connectivity index (χ0) is 13.7. The highest BCUT2D eigenvalue weighted by molar-refractivity contribution is 5.79. The highest BCUT2D eigenvalue weighted by Crippen LogP contribution is 2.30. The van der Waals surface area contributed by atoms with Crippen molar-refractivity contribution in [3.05, 3.63) is 23.8 Å². The molecule has 1 aliphatic heterocycles. The number of hydrogen-bond acceptors (Lipinski definition) is 3. The lowest BCUT2D eigenvalue weighted by atomic mass is 10.1. The van der Waals surface area contributed by atoms with Crippen LogP contribution < -0.4 is 14.8 Å². The Hall–Kier alpha value is -1.71. The van der Waals surface area contributed by atoms with E-state index in [0.717, 1.165) is 29.9 Å². The van der Waals surface area contributed by atoms with Gasteiger partial charge >= 0.3 is 0 Å². The van der Waals surface area contributed by atoms with E-state index in [1.807, 2.05) is 25.1 Å². The van der Waals surface area contributed by atoms with Gasteiger partial charge in [0.1, 0.15) is 0 Å². The van der Waals surface area contributed by atoms with Gasteiger partial charge in [0.05, 0.1) is 19.6 Å². The van der Waals surface area contributed by atoms with Gasteiger partial charge in [-0.2, -0.15) is 0 Å². The number of nitrogens with one attached hydrogen (secondary N) is 1. The molecule has 1 amide bonds. The summed E-state index contributed by atoms with van der Waals surface area (Å²) >= 11 is 0. The third-order valence-corrected chi connectivity index (χ3v) is 3.20. The van der Waals surface area contributed by atoms with Gasteiger partial charge in [-0.15, -0.1) is 0 Å². The van der Waals surface area contributed by atoms with E-state index in [1.165, 1.54) is 0 Å². The van der Waals surface area contributed by atoms with Crippen molar-refractivity contribution < 1.29 is 14.3 Å². The molecule has 4 heteroatoms. The number of fused-ring (bicyclic) bond motifs is 1. The average Bonchev–Trinajstić information content (AvgIpc) is 2.63. The summed E-state index contributed by atoms with van der Waals surface area (Å²) in [5.41, 5.74) is 0.949. The van der Waals surface area contributed by atoms with Crippen LogP contribution in [0.5, 0.6) is 11.5 Å². The standard InChI is InChI=1S/C15H21NO3/c1-3-11(2)16-15(17)10-12-5-6-13-14(9-12)19-8-4-7-18-13/h5-6,9,11H,3-4,7-8,10H2,1-2H3,(H,16,17). The van der Waals surface area contributed by atoms with Crippen molar-refractivity contribution in [1.29, 1.82) is 0 Å². The van der Waals surface area contributed by atoms with Gasteiger partial charge in [-0.25, -0.2) is 0 Å². The predicted molar refractivity (Wildman–Crippen MR) is 73.6 cm³/mol. The second kappa shape index (κ2) is 6.45. The minimum Gasteiger partial charge on any atom is -0.490 e. The normalized spacial score (nSPS) is 15.5. The summed E-state index contributed by atoms with van der Waals surface area (Å²) < 4.78 is 11.2. The monoisotopic (exact) mass is 263 g/mol. The topological polar surface area (TPSA) is 47.6 Å². The molecular weight excluding hydrogens is 242 g/mol. The molecule has 1 unspecified atom stereocenters. The van der Waals surface area contributed by atoms with E-state index in [-0.39, 0.29) is 11.9 Å². The molecule has 1 aliphatic rings. The quantitative estimate of drug-likeness (QED) is 0.906. The van der Waals surface area contributed by atoms with E-state index in [4.69, 9.17) is 9.47 Å². The number of rotatable bonds is 4. The zero-order valence-electron chi connectivity index (χ0n) is 11.6. The minimum atomic E-state index is 0.0452. The van der Waals surface area contributed by atoms with Crippen molar-refractivity contribution in [2.45, 2.75) is 39.2 Å². The Balaban J connectivity index is 2.01. The molecule has 0 fully saturated rings. The van der Waals surface area contributed by atoms with E-state index in [0.29, 0.717) is 19.6 Å². The first-order chi connectivity index (χ1) is 9.19. The fourth-order valence-electron chi connectivity index (χ4n) is 1.93. The molecule has 104 valence electrons. The van der Waals surface area contributed by atoms with Crippen LogP contribution >= 0.6 is 0 Å². The van der Waals surface area contributed by atoms with Crippen LogP contribution in [0.3, 0.4) is 0 Å². The van der Waals surface area contributed by atoms with Crippen molar-refractivity contribution in [3.63, 3.8) is 0 Å². The van der Waals surface area contributed by atoms with Crippen LogP contribution in [-0.2, 0) is 11.2 Å². The Morgan fingerprint density at radius 1 is 1.32 bits per heavy atom. The Morgan fingerprint density at radius 3 is 2.79 bits per heavy atom. The number of amides is 1. The predicted octanol–water partition coefficient (Wildman–Crippen LogP) is 2.31. The van der Waals surface area contributed by atoms with Gasteiger partial charge in [0.15, 0.2) is 11.5 Å². The van der Waals surface area contributed by atoms with Crippen LogP contribution in [0.25, 0.3) is 0 Å². The van der Waals surface area contributed by atoms with Crippen LogP contribution in [0, 0.1) is 0 Å². The molecule has 0 radical (unpaired) electrons. The summed E-state index contributed by atoms with van der Waals surface area (Å²) in [4.78, 5) is 11.8. The van der Waals surface area contributed by atoms with Crippen molar-refractivity contribution in [3.8, 4) is 11.5 Å². The van der Waals surface area contributed by atoms with Crippen molar-refractivity contribution in [2.24, 2.45) is 0 Å². The fourth-order valence-corrected chi connectivity index (χ4v) is 1.93. The van der Waals surface area contributed by atoms with Crippen molar-refractivity contribution in [1.82, 2.24) is 5.32 Å². The molecule has 1 aromatic carbocycles. The molecular formula is C15H21NO3. The zero-order valence-corrected chi connectivity index (χ0v) is 11.6. The summed E-state index contributed by atoms with van der Waals surface area (Å²) in [6.07, 6.45) is 2.20. The Labute approximate surface area is 114 Å². The van der Waals surface area contributed by atoms with Gasteiger partial charge in [-0.3, -0.25) is 4.79 Å². The molecule has 0 saturated carbocycles. The third-order valence-electron chi connectivity index (χ3n) is 3.20. The molecule has 0 aromatic heterocycles. The smallest absolute Gasteiger partial charge is 0.224 e. The maximum atomic E-state index is 11.8. The molecule has 1 aromatic rings. The van der Waals surface area contributed by atoms with E-state index in [1.54, 1.807) is 0 Å². The van der Waals surface area contributed by atoms with Crippen LogP contribution in [0.2, 0.25) is 0 Å². The second-order valence-electron chi connectivity index (χ2n) is 4.89. The summed E-state index contributed by atoms with van der Waals surface area (Å²) in [5.74, 6) is 1.55. The fraction of sp³-hybridized carbons (Fsp3) is 0.533. The molecule has 19 heavy (non-hydrogen) atoms. The summed E-state index contributed by atoms with van der Waals surface area (Å²) in [6, 6.07) is 5.92. The molecule has 4 nitrogen and oxygen atoms in total. The molecule has 0 saturated heterocycles. The van der Waals surface area contributed by atoms with E-state index in [2.05, 4.69) is 12.2 Å². The SMILES string of the molecule is CCC(C)NC(=O)Cc1ccc2c(c1)OCCCO2. The molecule has 0 bridgehead atoms. The first-order valence-electron chi connectivity index (χ1n) is 6.87. The lowest BCUT2D eigenvalue weighted by Crippen LogP contribution is -2.33. The van der Waals surface area contributed by atoms with E-state index < -0.39 is 0 Å². The third kappa shape index (κ3) is 3.88. The van der Waals surface area contributed by atoms with Gasteiger partial charge in [-0.1, -0.05) is 13.0 Å². The molecule has 0 aliphatic carbocycles. The molecule has 0 spiro atoms. The highest BCUT2D eigenvalue weighted by atomic mass is 16.5. The van der Waals surface area contributed by atoms with Crippen molar-refractivity contribution >= 4 is 5.91 Å². The van der Waals surface area contributed by atoms with Gasteiger partial charge in [0, 0.05) is 12.5 Å². The van der Waals surface area contributed by atoms with Gasteiger partial charge in [0.2, 0.25) is 5.91 Å². The summed E-state index contributed by atoms with van der Waals surface area (Å²) in [6.45, 7) is 5.40. The van der Waals surface area contributed by atoms with Crippen LogP contribution in [0.1, 0.15) is 32.3 Å². The number of benzene rings is 1. The van der Waals surface area contributed by atoms with Gasteiger partial charge in [-0.05, 0) is 31.0 Å². The Morgan fingerprint density at radius 2 is 2.05 bits per heavy atom. The van der Waals surface area contributed by atoms with Crippen LogP contribution in [0.15, 0.2) is 18.2 Å². The molecule has 2 rings (SSSR count). The summed E-state index contributed by atoms with van der Waals surface area (Å²) in [7, 11) is 0. The maximum Gasteiger partial charge on any atom is 0.224 e. The number of hydrogen-bond donors (Lipinski definition) is 1. The molecule has 1 heterocycles. The second-order valence-corrected chi connectivity index (χ2v) is 4.89. The molecule has 1 atom stereocenters. The number of carbonyl (C=O) groups excluding carboxylic acids is 1. The molecule has 1 N–H and O–H groups in total. The van der Waals surface area contributed by atoms with Crippen LogP contribution in [-0.4, -0.2) is 25.2 Å². The average molecular weight is 263 g/mol. The summed E-state index contributed by atoms with van der Waals surface area (Å²) in [5, 5.41) is 2.96. The highest BCUT2D eigenvalue weighted by Gasteiger charge is 2.12. The first kappa shape index (κ1) is 13.7. The lowest BCUT2D eigenvalue weighted by Gasteiger charge is -2.12. The minimum absolute atomic E-state index is 0.0452. The largest absolute Gasteiger partial charge is 0.490 e. The Bertz CT molecular complexity index is 445. The lowest BCUT2D eigenvalue weighted by molar-refractivity contribution is -0.121. The van der Waals surface area contributed by atoms with E-state index in [9.17, 15) is 4.79 Å². The number of carbonyl (C=O) groups is 1. The van der Waals surface area contributed by atoms with Crippen LogP contribution in [0.4, 0.5) is 0 Å². The maximum absolute atomic E-state index is 11.8. The van der Waals surface area contributed by atoms with E-state index >= 15 is 0 Å². The van der Waals surface area contributed by atoms with Crippen molar-refractivity contribution in [2.75, 3.05) is 13.2 Å². The first-order valence-corrected chi connectivity index (χ1v) is 6.87. The number of ether oxygens (including phenoxy) is 2. The Kier molecular flexibility index (Phi) is 4.66. The van der Waals surface area contributed by atoms with Gasteiger partial charge < -0.3 is 14.8 Å².